The fourth-order valence-corrected chi connectivity index (χ4v) is 3.70. The second-order valence-electron chi connectivity index (χ2n) is 6.90. The molecule has 0 bridgehead atoms. The van der Waals surface area contributed by atoms with Crippen molar-refractivity contribution in [3.05, 3.63) is 28.2 Å². The molecule has 0 aliphatic carbocycles. The van der Waals surface area contributed by atoms with Crippen LogP contribution in [0.3, 0.4) is 0 Å². The lowest BCUT2D eigenvalue weighted by atomic mass is 10.1. The summed E-state index contributed by atoms with van der Waals surface area (Å²) in [5.41, 5.74) is 12.2. The van der Waals surface area contributed by atoms with E-state index in [9.17, 15) is 19.8 Å². The molecule has 1 aromatic rings. The molecule has 1 heterocycles. The molecule has 0 saturated carbocycles. The maximum atomic E-state index is 12.2. The first-order valence-electron chi connectivity index (χ1n) is 9.02. The lowest BCUT2D eigenvalue weighted by Crippen LogP contribution is -2.46. The number of phenolic OH excluding ortho intramolecular Hbond substituents is 1. The number of amides is 1. The largest absolute Gasteiger partial charge is 0.507 e. The number of benzene rings is 1. The highest BCUT2D eigenvalue weighted by Crippen LogP contribution is 2.27. The van der Waals surface area contributed by atoms with E-state index in [1.165, 1.54) is 0 Å². The Hall–Kier alpha value is -1.68. The Morgan fingerprint density at radius 3 is 2.74 bits per heavy atom. The van der Waals surface area contributed by atoms with Gasteiger partial charge in [-0.15, -0.1) is 0 Å². The Morgan fingerprint density at radius 1 is 1.37 bits per heavy atom. The number of nitrogens with zero attached hydrogens (tertiary/aromatic N) is 1. The molecule has 1 fully saturated rings. The van der Waals surface area contributed by atoms with Crippen LogP contribution in [0.5, 0.6) is 5.75 Å². The second kappa shape index (κ2) is 10.0. The van der Waals surface area contributed by atoms with Crippen LogP contribution in [0.2, 0.25) is 0 Å². The molecule has 1 aliphatic heterocycles. The Balaban J connectivity index is 1.96. The van der Waals surface area contributed by atoms with Gasteiger partial charge < -0.3 is 27.0 Å². The Morgan fingerprint density at radius 2 is 2.11 bits per heavy atom. The molecule has 7 N–H and O–H groups in total. The molecule has 0 radical (unpaired) electrons. The molecule has 3 atom stereocenters. The van der Waals surface area contributed by atoms with Gasteiger partial charge >= 0.3 is 5.97 Å². The van der Waals surface area contributed by atoms with E-state index in [2.05, 4.69) is 21.2 Å². The summed E-state index contributed by atoms with van der Waals surface area (Å²) >= 11 is 3.26. The van der Waals surface area contributed by atoms with Crippen LogP contribution in [0.25, 0.3) is 0 Å². The van der Waals surface area contributed by atoms with Gasteiger partial charge in [0.15, 0.2) is 0 Å². The molecule has 0 spiro atoms. The Bertz CT molecular complexity index is 673. The van der Waals surface area contributed by atoms with Crippen molar-refractivity contribution in [2.24, 2.45) is 11.5 Å². The van der Waals surface area contributed by atoms with Crippen LogP contribution in [0.4, 0.5) is 0 Å². The smallest absolute Gasteiger partial charge is 0.321 e. The molecule has 1 aliphatic rings. The third kappa shape index (κ3) is 6.17. The minimum Gasteiger partial charge on any atom is -0.507 e. The fraction of sp³-hybridized carbons (Fsp3) is 0.556. The number of likely N-dealkylation sites (tertiary alicyclic amines) is 1. The third-order valence-electron chi connectivity index (χ3n) is 4.74. The fourth-order valence-electron chi connectivity index (χ4n) is 3.27. The van der Waals surface area contributed by atoms with Crippen LogP contribution in [-0.2, 0) is 16.1 Å². The van der Waals surface area contributed by atoms with Crippen molar-refractivity contribution in [3.63, 3.8) is 0 Å². The number of aliphatic carboxylic acids is 1. The van der Waals surface area contributed by atoms with Crippen molar-refractivity contribution < 1.29 is 19.8 Å². The summed E-state index contributed by atoms with van der Waals surface area (Å²) in [6.07, 6.45) is 2.50. The number of carbonyl (C=O) groups is 2. The van der Waals surface area contributed by atoms with E-state index in [1.807, 2.05) is 4.90 Å². The molecule has 8 nitrogen and oxygen atoms in total. The van der Waals surface area contributed by atoms with Gasteiger partial charge in [-0.05, 0) is 59.4 Å². The van der Waals surface area contributed by atoms with Crippen molar-refractivity contribution >= 4 is 27.8 Å². The molecule has 1 amide bonds. The predicted molar refractivity (Wildman–Crippen MR) is 105 cm³/mol. The summed E-state index contributed by atoms with van der Waals surface area (Å²) < 4.78 is 0.555. The van der Waals surface area contributed by atoms with Gasteiger partial charge in [0.1, 0.15) is 11.8 Å². The van der Waals surface area contributed by atoms with Crippen LogP contribution in [-0.4, -0.2) is 58.2 Å². The number of hydrogen-bond donors (Lipinski definition) is 5. The molecular formula is C18H27BrN4O4. The zero-order chi connectivity index (χ0) is 20.0. The Kier molecular flexibility index (Phi) is 8.03. The number of nitrogens with two attached hydrogens (primary N) is 2. The van der Waals surface area contributed by atoms with Gasteiger partial charge in [0.05, 0.1) is 10.5 Å². The third-order valence-corrected chi connectivity index (χ3v) is 5.37. The van der Waals surface area contributed by atoms with E-state index < -0.39 is 18.1 Å². The van der Waals surface area contributed by atoms with E-state index in [4.69, 9.17) is 11.5 Å². The Labute approximate surface area is 167 Å². The molecule has 0 unspecified atom stereocenters. The van der Waals surface area contributed by atoms with Crippen molar-refractivity contribution in [1.82, 2.24) is 10.2 Å². The van der Waals surface area contributed by atoms with Gasteiger partial charge in [0.25, 0.3) is 0 Å². The van der Waals surface area contributed by atoms with Crippen molar-refractivity contribution in [2.45, 2.75) is 50.4 Å². The maximum Gasteiger partial charge on any atom is 0.321 e. The first-order chi connectivity index (χ1) is 12.8. The van der Waals surface area contributed by atoms with E-state index >= 15 is 0 Å². The van der Waals surface area contributed by atoms with Gasteiger partial charge in [0.2, 0.25) is 5.91 Å². The lowest BCUT2D eigenvalue weighted by Gasteiger charge is -2.21. The molecule has 2 rings (SSSR count). The average Bonchev–Trinajstić information content (AvgIpc) is 3.00. The van der Waals surface area contributed by atoms with E-state index in [0.29, 0.717) is 36.9 Å². The number of carboxylic acid groups (broad SMARTS) is 1. The van der Waals surface area contributed by atoms with Crippen LogP contribution >= 0.6 is 15.9 Å². The molecular weight excluding hydrogens is 416 g/mol. The summed E-state index contributed by atoms with van der Waals surface area (Å²) in [4.78, 5) is 25.7. The van der Waals surface area contributed by atoms with Crippen LogP contribution in [0.1, 0.15) is 31.2 Å². The van der Waals surface area contributed by atoms with E-state index in [0.717, 1.165) is 18.4 Å². The van der Waals surface area contributed by atoms with Gasteiger partial charge in [-0.25, -0.2) is 0 Å². The monoisotopic (exact) mass is 442 g/mol. The number of halogens is 1. The zero-order valence-corrected chi connectivity index (χ0v) is 16.7. The highest BCUT2D eigenvalue weighted by Gasteiger charge is 2.37. The summed E-state index contributed by atoms with van der Waals surface area (Å²) in [7, 11) is 0. The minimum atomic E-state index is -0.920. The summed E-state index contributed by atoms with van der Waals surface area (Å²) in [5, 5.41) is 22.0. The number of nitrogens with one attached hydrogen (secondary N) is 1. The highest BCUT2D eigenvalue weighted by atomic mass is 79.9. The summed E-state index contributed by atoms with van der Waals surface area (Å²) in [6.45, 7) is 1.40. The second-order valence-corrected chi connectivity index (χ2v) is 7.76. The summed E-state index contributed by atoms with van der Waals surface area (Å²) in [6, 6.07) is 3.51. The topological polar surface area (TPSA) is 142 Å². The number of unbranched alkanes of at least 4 members (excludes halogenated alkanes) is 1. The van der Waals surface area contributed by atoms with Crippen LogP contribution in [0, 0.1) is 0 Å². The quantitative estimate of drug-likeness (QED) is 0.355. The van der Waals surface area contributed by atoms with Gasteiger partial charge in [-0.2, -0.15) is 0 Å². The maximum absolute atomic E-state index is 12.2. The standard InChI is InChI=1S/C18H27BrN4O4/c19-13-7-11(4-5-16(13)24)9-23-10-12(8-15(23)18(26)27)22-17(25)14(21)3-1-2-6-20/h4-5,7,12,14-15,24H,1-3,6,8-10,20-21H2,(H,22,25)(H,26,27)/t12-,14-,15-/m0/s1. The predicted octanol–water partition coefficient (Wildman–Crippen LogP) is 0.755. The molecule has 150 valence electrons. The molecule has 9 heteroatoms. The van der Waals surface area contributed by atoms with Gasteiger partial charge in [-0.1, -0.05) is 12.5 Å². The number of rotatable bonds is 9. The molecule has 0 aromatic heterocycles. The van der Waals surface area contributed by atoms with Gasteiger partial charge in [0, 0.05) is 19.1 Å². The minimum absolute atomic E-state index is 0.128. The first kappa shape index (κ1) is 21.6. The zero-order valence-electron chi connectivity index (χ0n) is 15.1. The molecule has 27 heavy (non-hydrogen) atoms. The van der Waals surface area contributed by atoms with E-state index in [1.54, 1.807) is 18.2 Å². The number of aromatic hydroxyl groups is 1. The highest BCUT2D eigenvalue weighted by molar-refractivity contribution is 9.10. The normalized spacial score (nSPS) is 21.1. The molecule has 1 aromatic carbocycles. The molecule has 1 saturated heterocycles. The van der Waals surface area contributed by atoms with Crippen LogP contribution in [0.15, 0.2) is 22.7 Å². The number of hydrogen-bond acceptors (Lipinski definition) is 6. The van der Waals surface area contributed by atoms with Crippen molar-refractivity contribution in [2.75, 3.05) is 13.1 Å². The van der Waals surface area contributed by atoms with E-state index in [-0.39, 0.29) is 17.7 Å². The lowest BCUT2D eigenvalue weighted by molar-refractivity contribution is -0.142. The average molecular weight is 443 g/mol. The summed E-state index contributed by atoms with van der Waals surface area (Å²) in [5.74, 6) is -1.05. The van der Waals surface area contributed by atoms with Crippen molar-refractivity contribution in [3.8, 4) is 5.75 Å². The first-order valence-corrected chi connectivity index (χ1v) is 9.81. The van der Waals surface area contributed by atoms with Crippen molar-refractivity contribution in [1.29, 1.82) is 0 Å². The number of phenols is 1. The van der Waals surface area contributed by atoms with Crippen LogP contribution < -0.4 is 16.8 Å². The van der Waals surface area contributed by atoms with Gasteiger partial charge in [-0.3, -0.25) is 14.5 Å². The number of carbonyl (C=O) groups excluding carboxylic acids is 1. The number of carboxylic acids is 1. The SMILES string of the molecule is NCCCC[C@H](N)C(=O)N[C@H]1C[C@@H](C(=O)O)N(Cc2ccc(O)c(Br)c2)C1.